The standard InChI is InChI=1S/C13H20ClNO2S/c1-9(2)15-6-10-4-3-5-12(14)13(10)18-8-11(17)7-16/h3-5,9,11,15-17H,6-8H2,1-2H3. The number of aliphatic hydroxyl groups excluding tert-OH is 2. The number of hydrogen-bond donors (Lipinski definition) is 3. The van der Waals surface area contributed by atoms with Gasteiger partial charge in [-0.3, -0.25) is 0 Å². The molecule has 0 radical (unpaired) electrons. The van der Waals surface area contributed by atoms with Crippen LogP contribution in [-0.2, 0) is 6.54 Å². The molecule has 0 saturated heterocycles. The van der Waals surface area contributed by atoms with Gasteiger partial charge in [-0.25, -0.2) is 0 Å². The predicted molar refractivity (Wildman–Crippen MR) is 77.2 cm³/mol. The number of halogens is 1. The summed E-state index contributed by atoms with van der Waals surface area (Å²) in [5, 5.41) is 22.2. The van der Waals surface area contributed by atoms with E-state index in [0.717, 1.165) is 17.0 Å². The molecule has 1 aromatic rings. The zero-order valence-corrected chi connectivity index (χ0v) is 12.3. The minimum absolute atomic E-state index is 0.225. The lowest BCUT2D eigenvalue weighted by atomic mass is 10.2. The zero-order chi connectivity index (χ0) is 13.5. The molecule has 1 unspecified atom stereocenters. The van der Waals surface area contributed by atoms with Crippen LogP contribution in [-0.4, -0.2) is 34.7 Å². The Hall–Kier alpha value is -0.260. The Morgan fingerprint density at radius 3 is 2.72 bits per heavy atom. The Bertz CT molecular complexity index is 374. The topological polar surface area (TPSA) is 52.5 Å². The summed E-state index contributed by atoms with van der Waals surface area (Å²) < 4.78 is 0. The Morgan fingerprint density at radius 2 is 2.11 bits per heavy atom. The molecule has 1 rings (SSSR count). The molecule has 3 nitrogen and oxygen atoms in total. The fourth-order valence-corrected chi connectivity index (χ4v) is 2.75. The van der Waals surface area contributed by atoms with Gasteiger partial charge in [-0.1, -0.05) is 37.6 Å². The van der Waals surface area contributed by atoms with Crippen LogP contribution in [0, 0.1) is 0 Å². The molecule has 0 amide bonds. The number of nitrogens with one attached hydrogen (secondary N) is 1. The quantitative estimate of drug-likeness (QED) is 0.674. The number of rotatable bonds is 7. The zero-order valence-electron chi connectivity index (χ0n) is 10.7. The lowest BCUT2D eigenvalue weighted by molar-refractivity contribution is 0.113. The van der Waals surface area contributed by atoms with Crippen LogP contribution >= 0.6 is 23.4 Å². The van der Waals surface area contributed by atoms with E-state index in [1.165, 1.54) is 11.8 Å². The van der Waals surface area contributed by atoms with Crippen LogP contribution in [0.1, 0.15) is 19.4 Å². The molecule has 0 aromatic heterocycles. The van der Waals surface area contributed by atoms with Crippen molar-refractivity contribution in [1.82, 2.24) is 5.32 Å². The van der Waals surface area contributed by atoms with Crippen LogP contribution in [0.15, 0.2) is 23.1 Å². The Labute approximate surface area is 118 Å². The Kier molecular flexibility index (Phi) is 7.04. The first kappa shape index (κ1) is 15.8. The summed E-state index contributed by atoms with van der Waals surface area (Å²) in [6.45, 7) is 4.70. The van der Waals surface area contributed by atoms with Gasteiger partial charge in [-0.05, 0) is 11.6 Å². The molecule has 0 aliphatic heterocycles. The van der Waals surface area contributed by atoms with E-state index in [4.69, 9.17) is 16.7 Å². The molecule has 0 bridgehead atoms. The highest BCUT2D eigenvalue weighted by Gasteiger charge is 2.10. The molecule has 0 spiro atoms. The second-order valence-electron chi connectivity index (χ2n) is 4.41. The SMILES string of the molecule is CC(C)NCc1cccc(Cl)c1SCC(O)CO. The van der Waals surface area contributed by atoms with E-state index in [9.17, 15) is 5.11 Å². The maximum absolute atomic E-state index is 9.39. The van der Waals surface area contributed by atoms with Crippen molar-refractivity contribution in [1.29, 1.82) is 0 Å². The van der Waals surface area contributed by atoms with Crippen molar-refractivity contribution in [3.05, 3.63) is 28.8 Å². The van der Waals surface area contributed by atoms with Crippen molar-refractivity contribution >= 4 is 23.4 Å². The molecular formula is C13H20ClNO2S. The van der Waals surface area contributed by atoms with E-state index >= 15 is 0 Å². The molecule has 0 aliphatic rings. The van der Waals surface area contributed by atoms with Gasteiger partial charge in [0, 0.05) is 23.2 Å². The summed E-state index contributed by atoms with van der Waals surface area (Å²) in [5.74, 6) is 0.439. The molecule has 0 saturated carbocycles. The largest absolute Gasteiger partial charge is 0.394 e. The predicted octanol–water partition coefficient (Wildman–Crippen LogP) is 2.28. The van der Waals surface area contributed by atoms with Gasteiger partial charge in [-0.2, -0.15) is 0 Å². The van der Waals surface area contributed by atoms with Gasteiger partial charge < -0.3 is 15.5 Å². The average molecular weight is 290 g/mol. The van der Waals surface area contributed by atoms with Gasteiger partial charge in [-0.15, -0.1) is 11.8 Å². The fraction of sp³-hybridized carbons (Fsp3) is 0.538. The van der Waals surface area contributed by atoms with Crippen LogP contribution in [0.5, 0.6) is 0 Å². The van der Waals surface area contributed by atoms with Crippen LogP contribution in [0.2, 0.25) is 5.02 Å². The summed E-state index contributed by atoms with van der Waals surface area (Å²) in [7, 11) is 0. The van der Waals surface area contributed by atoms with Crippen LogP contribution in [0.3, 0.4) is 0 Å². The van der Waals surface area contributed by atoms with Gasteiger partial charge in [0.15, 0.2) is 0 Å². The molecule has 18 heavy (non-hydrogen) atoms. The first-order chi connectivity index (χ1) is 8.54. The van der Waals surface area contributed by atoms with Crippen LogP contribution in [0.4, 0.5) is 0 Å². The van der Waals surface area contributed by atoms with E-state index in [1.54, 1.807) is 0 Å². The van der Waals surface area contributed by atoms with Crippen molar-refractivity contribution < 1.29 is 10.2 Å². The van der Waals surface area contributed by atoms with Crippen LogP contribution in [0.25, 0.3) is 0 Å². The third kappa shape index (κ3) is 5.16. The average Bonchev–Trinajstić information content (AvgIpc) is 2.34. The normalized spacial score (nSPS) is 13.0. The lowest BCUT2D eigenvalue weighted by Crippen LogP contribution is -2.22. The highest BCUT2D eigenvalue weighted by molar-refractivity contribution is 7.99. The van der Waals surface area contributed by atoms with E-state index < -0.39 is 6.10 Å². The van der Waals surface area contributed by atoms with Gasteiger partial charge in [0.05, 0.1) is 17.7 Å². The second-order valence-corrected chi connectivity index (χ2v) is 5.85. The summed E-state index contributed by atoms with van der Waals surface area (Å²) >= 11 is 7.65. The maximum Gasteiger partial charge on any atom is 0.0864 e. The second kappa shape index (κ2) is 8.02. The number of hydrogen-bond acceptors (Lipinski definition) is 4. The molecule has 1 aromatic carbocycles. The molecular weight excluding hydrogens is 270 g/mol. The molecule has 3 N–H and O–H groups in total. The first-order valence-electron chi connectivity index (χ1n) is 5.97. The van der Waals surface area contributed by atoms with E-state index in [2.05, 4.69) is 19.2 Å². The smallest absolute Gasteiger partial charge is 0.0864 e. The summed E-state index contributed by atoms with van der Waals surface area (Å²) in [6, 6.07) is 6.19. The summed E-state index contributed by atoms with van der Waals surface area (Å²) in [5.41, 5.74) is 1.12. The third-order valence-electron chi connectivity index (χ3n) is 2.38. The van der Waals surface area contributed by atoms with Crippen molar-refractivity contribution in [3.63, 3.8) is 0 Å². The molecule has 102 valence electrons. The van der Waals surface area contributed by atoms with Crippen molar-refractivity contribution in [2.24, 2.45) is 0 Å². The number of aliphatic hydroxyl groups is 2. The van der Waals surface area contributed by atoms with Crippen molar-refractivity contribution in [2.45, 2.75) is 37.4 Å². The summed E-state index contributed by atoms with van der Waals surface area (Å²) in [6.07, 6.45) is -0.711. The van der Waals surface area contributed by atoms with Gasteiger partial charge in [0.1, 0.15) is 0 Å². The molecule has 0 aliphatic carbocycles. The van der Waals surface area contributed by atoms with Gasteiger partial charge in [0.25, 0.3) is 0 Å². The van der Waals surface area contributed by atoms with Crippen LogP contribution < -0.4 is 5.32 Å². The number of benzene rings is 1. The Morgan fingerprint density at radius 1 is 1.39 bits per heavy atom. The van der Waals surface area contributed by atoms with E-state index in [-0.39, 0.29) is 6.61 Å². The molecule has 0 heterocycles. The third-order valence-corrected chi connectivity index (χ3v) is 4.13. The maximum atomic E-state index is 9.39. The van der Waals surface area contributed by atoms with Gasteiger partial charge >= 0.3 is 0 Å². The minimum atomic E-state index is -0.711. The summed E-state index contributed by atoms with van der Waals surface area (Å²) in [4.78, 5) is 0.972. The van der Waals surface area contributed by atoms with Crippen molar-refractivity contribution in [3.8, 4) is 0 Å². The monoisotopic (exact) mass is 289 g/mol. The highest BCUT2D eigenvalue weighted by Crippen LogP contribution is 2.31. The molecule has 1 atom stereocenters. The van der Waals surface area contributed by atoms with Crippen molar-refractivity contribution in [2.75, 3.05) is 12.4 Å². The molecule has 5 heteroatoms. The minimum Gasteiger partial charge on any atom is -0.394 e. The number of thioether (sulfide) groups is 1. The fourth-order valence-electron chi connectivity index (χ4n) is 1.40. The van der Waals surface area contributed by atoms with E-state index in [0.29, 0.717) is 16.8 Å². The highest BCUT2D eigenvalue weighted by atomic mass is 35.5. The van der Waals surface area contributed by atoms with E-state index in [1.807, 2.05) is 18.2 Å². The Balaban J connectivity index is 2.73. The molecule has 0 fully saturated rings. The van der Waals surface area contributed by atoms with Gasteiger partial charge in [0.2, 0.25) is 0 Å². The first-order valence-corrected chi connectivity index (χ1v) is 7.33. The lowest BCUT2D eigenvalue weighted by Gasteiger charge is -2.14.